The van der Waals surface area contributed by atoms with E-state index in [0.29, 0.717) is 0 Å². The smallest absolute Gasteiger partial charge is 0.324 e. The summed E-state index contributed by atoms with van der Waals surface area (Å²) in [5.41, 5.74) is 0. The highest BCUT2D eigenvalue weighted by atomic mass is 31.2. The fourth-order valence-corrected chi connectivity index (χ4v) is 1.25. The molecular formula is C5H11F2O3P. The van der Waals surface area contributed by atoms with Crippen LogP contribution >= 0.6 is 7.60 Å². The monoisotopic (exact) mass is 188 g/mol. The molecule has 0 fully saturated rings. The Labute approximate surface area is 63.6 Å². The molecule has 11 heavy (non-hydrogen) atoms. The third kappa shape index (κ3) is 10.0. The summed E-state index contributed by atoms with van der Waals surface area (Å²) in [7, 11) is -3.97. The summed E-state index contributed by atoms with van der Waals surface area (Å²) in [6.07, 6.45) is -2.61. The summed E-state index contributed by atoms with van der Waals surface area (Å²) >= 11 is 0. The number of alkyl halides is 2. The maximum Gasteiger partial charge on any atom is 0.325 e. The molecule has 68 valence electrons. The van der Waals surface area contributed by atoms with Gasteiger partial charge in [-0.3, -0.25) is 4.57 Å². The van der Waals surface area contributed by atoms with Crippen LogP contribution in [0, 0.1) is 0 Å². The summed E-state index contributed by atoms with van der Waals surface area (Å²) in [5.74, 6) is 0. The molecule has 0 aromatic rings. The highest BCUT2D eigenvalue weighted by Crippen LogP contribution is 2.35. The topological polar surface area (TPSA) is 57.5 Å². The van der Waals surface area contributed by atoms with E-state index < -0.39 is 14.0 Å². The standard InChI is InChI=1S/C5H11F2O3P/c6-5(7)3-1-2-4-11(8,9)10/h5H,1-4H2,(H2,8,9,10). The van der Waals surface area contributed by atoms with Crippen molar-refractivity contribution in [1.82, 2.24) is 0 Å². The van der Waals surface area contributed by atoms with Crippen molar-refractivity contribution in [2.24, 2.45) is 0 Å². The van der Waals surface area contributed by atoms with Crippen LogP contribution in [0.1, 0.15) is 19.3 Å². The van der Waals surface area contributed by atoms with Crippen LogP contribution in [0.4, 0.5) is 8.78 Å². The molecule has 0 unspecified atom stereocenters. The van der Waals surface area contributed by atoms with Crippen molar-refractivity contribution in [2.75, 3.05) is 6.16 Å². The first-order valence-corrected chi connectivity index (χ1v) is 5.04. The van der Waals surface area contributed by atoms with Gasteiger partial charge in [0.15, 0.2) is 0 Å². The minimum Gasteiger partial charge on any atom is -0.324 e. The Morgan fingerprint density at radius 2 is 1.82 bits per heavy atom. The largest absolute Gasteiger partial charge is 0.325 e. The molecule has 0 saturated heterocycles. The van der Waals surface area contributed by atoms with E-state index in [1.807, 2.05) is 0 Å². The quantitative estimate of drug-likeness (QED) is 0.508. The van der Waals surface area contributed by atoms with Crippen molar-refractivity contribution in [3.63, 3.8) is 0 Å². The van der Waals surface area contributed by atoms with Gasteiger partial charge in [0, 0.05) is 12.6 Å². The van der Waals surface area contributed by atoms with E-state index >= 15 is 0 Å². The summed E-state index contributed by atoms with van der Waals surface area (Å²) in [6.45, 7) is 0. The Morgan fingerprint density at radius 3 is 2.18 bits per heavy atom. The molecule has 0 heterocycles. The Morgan fingerprint density at radius 1 is 1.27 bits per heavy atom. The van der Waals surface area contributed by atoms with Crippen LogP contribution in [0.15, 0.2) is 0 Å². The molecule has 0 spiro atoms. The fourth-order valence-electron chi connectivity index (χ4n) is 0.616. The van der Waals surface area contributed by atoms with Gasteiger partial charge in [-0.1, -0.05) is 0 Å². The maximum atomic E-state index is 11.5. The third-order valence-electron chi connectivity index (χ3n) is 1.12. The summed E-state index contributed by atoms with van der Waals surface area (Å²) in [5, 5.41) is 0. The molecular weight excluding hydrogens is 177 g/mol. The van der Waals surface area contributed by atoms with E-state index in [1.54, 1.807) is 0 Å². The van der Waals surface area contributed by atoms with Gasteiger partial charge in [0.05, 0.1) is 0 Å². The minimum atomic E-state index is -3.97. The van der Waals surface area contributed by atoms with E-state index in [4.69, 9.17) is 9.79 Å². The zero-order valence-corrected chi connectivity index (χ0v) is 6.81. The molecule has 0 radical (unpaired) electrons. The van der Waals surface area contributed by atoms with Crippen LogP contribution in [0.25, 0.3) is 0 Å². The summed E-state index contributed by atoms with van der Waals surface area (Å²) in [4.78, 5) is 16.6. The van der Waals surface area contributed by atoms with Gasteiger partial charge in [-0.2, -0.15) is 0 Å². The second-order valence-corrected chi connectivity index (χ2v) is 4.05. The zero-order valence-electron chi connectivity index (χ0n) is 5.91. The highest BCUT2D eigenvalue weighted by molar-refractivity contribution is 7.51. The van der Waals surface area contributed by atoms with Gasteiger partial charge in [-0.25, -0.2) is 8.78 Å². The Kier molecular flexibility index (Phi) is 4.81. The molecule has 6 heteroatoms. The molecule has 0 aromatic heterocycles. The van der Waals surface area contributed by atoms with Gasteiger partial charge in [0.25, 0.3) is 0 Å². The van der Waals surface area contributed by atoms with Crippen molar-refractivity contribution in [3.05, 3.63) is 0 Å². The molecule has 0 aliphatic rings. The third-order valence-corrected chi connectivity index (χ3v) is 2.02. The maximum absolute atomic E-state index is 11.5. The predicted molar refractivity (Wildman–Crippen MR) is 36.8 cm³/mol. The van der Waals surface area contributed by atoms with Gasteiger partial charge in [0.2, 0.25) is 6.43 Å². The lowest BCUT2D eigenvalue weighted by atomic mass is 10.3. The number of rotatable bonds is 5. The van der Waals surface area contributed by atoms with Crippen LogP contribution in [0.3, 0.4) is 0 Å². The highest BCUT2D eigenvalue weighted by Gasteiger charge is 2.12. The average molecular weight is 188 g/mol. The summed E-state index contributed by atoms with van der Waals surface area (Å²) < 4.78 is 33.1. The van der Waals surface area contributed by atoms with Crippen molar-refractivity contribution in [2.45, 2.75) is 25.7 Å². The number of halogens is 2. The second kappa shape index (κ2) is 4.80. The van der Waals surface area contributed by atoms with Gasteiger partial charge >= 0.3 is 7.60 Å². The van der Waals surface area contributed by atoms with Gasteiger partial charge in [0.1, 0.15) is 0 Å². The first kappa shape index (κ1) is 11.0. The summed E-state index contributed by atoms with van der Waals surface area (Å²) in [6, 6.07) is 0. The minimum absolute atomic E-state index is 0.161. The molecule has 2 N–H and O–H groups in total. The zero-order chi connectivity index (χ0) is 8.91. The fraction of sp³-hybridized carbons (Fsp3) is 1.00. The van der Waals surface area contributed by atoms with E-state index in [9.17, 15) is 13.3 Å². The van der Waals surface area contributed by atoms with Gasteiger partial charge < -0.3 is 9.79 Å². The molecule has 0 saturated carbocycles. The average Bonchev–Trinajstić information content (AvgIpc) is 1.78. The lowest BCUT2D eigenvalue weighted by molar-refractivity contribution is 0.134. The normalized spacial score (nSPS) is 12.5. The molecule has 3 nitrogen and oxygen atoms in total. The lowest BCUT2D eigenvalue weighted by Gasteiger charge is -2.02. The SMILES string of the molecule is O=P(O)(O)CCCCC(F)F. The van der Waals surface area contributed by atoms with Crippen LogP contribution < -0.4 is 0 Å². The molecule has 0 aliphatic heterocycles. The molecule has 0 atom stereocenters. The second-order valence-electron chi connectivity index (χ2n) is 2.28. The van der Waals surface area contributed by atoms with Crippen molar-refractivity contribution in [3.8, 4) is 0 Å². The molecule has 0 bridgehead atoms. The van der Waals surface area contributed by atoms with E-state index in [2.05, 4.69) is 0 Å². The van der Waals surface area contributed by atoms with Gasteiger partial charge in [-0.05, 0) is 12.8 Å². The number of unbranched alkanes of at least 4 members (excludes halogenated alkanes) is 1. The van der Waals surface area contributed by atoms with Crippen LogP contribution in [0.5, 0.6) is 0 Å². The molecule has 0 amide bonds. The van der Waals surface area contributed by atoms with Crippen LogP contribution in [-0.4, -0.2) is 22.4 Å². The van der Waals surface area contributed by atoms with Crippen LogP contribution in [-0.2, 0) is 4.57 Å². The molecule has 0 rings (SSSR count). The Bertz CT molecular complexity index is 145. The van der Waals surface area contributed by atoms with Crippen molar-refractivity contribution in [1.29, 1.82) is 0 Å². The lowest BCUT2D eigenvalue weighted by Crippen LogP contribution is -1.93. The van der Waals surface area contributed by atoms with Crippen LogP contribution in [0.2, 0.25) is 0 Å². The first-order valence-electron chi connectivity index (χ1n) is 3.24. The molecule has 0 aromatic carbocycles. The van der Waals surface area contributed by atoms with E-state index in [1.165, 1.54) is 0 Å². The van der Waals surface area contributed by atoms with E-state index in [-0.39, 0.29) is 25.4 Å². The van der Waals surface area contributed by atoms with Crippen molar-refractivity contribution < 1.29 is 23.1 Å². The number of hydrogen-bond donors (Lipinski definition) is 2. The number of hydrogen-bond acceptors (Lipinski definition) is 1. The Hall–Kier alpha value is 0.01000. The first-order chi connectivity index (χ1) is 4.92. The van der Waals surface area contributed by atoms with Crippen molar-refractivity contribution >= 4 is 7.60 Å². The Balaban J connectivity index is 3.22. The van der Waals surface area contributed by atoms with Gasteiger partial charge in [-0.15, -0.1) is 0 Å². The predicted octanol–water partition coefficient (Wildman–Crippen LogP) is 1.60. The molecule has 0 aliphatic carbocycles. The van der Waals surface area contributed by atoms with E-state index in [0.717, 1.165) is 0 Å².